The van der Waals surface area contributed by atoms with Crippen LogP contribution in [-0.2, 0) is 9.59 Å². The van der Waals surface area contributed by atoms with E-state index in [0.717, 1.165) is 49.6 Å². The Morgan fingerprint density at radius 3 is 2.06 bits per heavy atom. The smallest absolute Gasteiger partial charge is 0.324 e. The fourth-order valence-corrected chi connectivity index (χ4v) is 4.79. The number of nitrogens with zero attached hydrogens (tertiary/aromatic N) is 3. The lowest BCUT2D eigenvalue weighted by Gasteiger charge is -2.32. The number of rotatable bonds is 5. The first-order chi connectivity index (χ1) is 15.2. The third-order valence-electron chi connectivity index (χ3n) is 6.49. The molecule has 3 aliphatic rings. The van der Waals surface area contributed by atoms with E-state index in [9.17, 15) is 9.59 Å². The maximum Gasteiger partial charge on any atom is 0.420 e. The molecule has 3 aliphatic heterocycles. The highest BCUT2D eigenvalue weighted by Crippen LogP contribution is 2.36. The Morgan fingerprint density at radius 1 is 0.871 bits per heavy atom. The van der Waals surface area contributed by atoms with Crippen molar-refractivity contribution < 1.29 is 14.2 Å². The summed E-state index contributed by atoms with van der Waals surface area (Å²) < 4.78 is 1.83. The number of fused-ring (bicyclic) bond motifs is 1. The third kappa shape index (κ3) is 3.52. The molecule has 1 N–H and O–H groups in total. The molecule has 2 aromatic carbocycles. The quantitative estimate of drug-likeness (QED) is 0.757. The van der Waals surface area contributed by atoms with Gasteiger partial charge < -0.3 is 10.2 Å². The van der Waals surface area contributed by atoms with Gasteiger partial charge in [0, 0.05) is 31.7 Å². The van der Waals surface area contributed by atoms with Crippen LogP contribution in [0.15, 0.2) is 66.2 Å². The van der Waals surface area contributed by atoms with Gasteiger partial charge in [-0.15, -0.1) is 4.58 Å². The van der Waals surface area contributed by atoms with Gasteiger partial charge in [0.1, 0.15) is 5.57 Å². The molecule has 0 radical (unpaired) electrons. The van der Waals surface area contributed by atoms with E-state index in [1.165, 1.54) is 0 Å². The van der Waals surface area contributed by atoms with E-state index in [4.69, 9.17) is 0 Å². The minimum absolute atomic E-state index is 0.0704. The summed E-state index contributed by atoms with van der Waals surface area (Å²) in [6, 6.07) is 19.5. The molecule has 0 aliphatic carbocycles. The molecule has 2 amide bonds. The van der Waals surface area contributed by atoms with Crippen molar-refractivity contribution in [1.29, 1.82) is 0 Å². The van der Waals surface area contributed by atoms with Crippen molar-refractivity contribution in [2.24, 2.45) is 5.92 Å². The summed E-state index contributed by atoms with van der Waals surface area (Å²) in [7, 11) is 0. The van der Waals surface area contributed by atoms with Crippen LogP contribution in [0.1, 0.15) is 18.1 Å². The first-order valence-electron chi connectivity index (χ1n) is 11.0. The Kier molecular flexibility index (Phi) is 5.26. The van der Waals surface area contributed by atoms with Gasteiger partial charge in [0.15, 0.2) is 5.92 Å². The minimum Gasteiger partial charge on any atom is -0.324 e. The zero-order valence-corrected chi connectivity index (χ0v) is 17.8. The molecular weight excluding hydrogens is 388 g/mol. The van der Waals surface area contributed by atoms with E-state index in [-0.39, 0.29) is 11.8 Å². The lowest BCUT2D eigenvalue weighted by atomic mass is 9.92. The maximum atomic E-state index is 13.7. The molecule has 0 spiro atoms. The lowest BCUT2D eigenvalue weighted by molar-refractivity contribution is -0.465. The van der Waals surface area contributed by atoms with E-state index in [1.807, 2.05) is 65.2 Å². The monoisotopic (exact) mass is 415 g/mol. The maximum absolute atomic E-state index is 13.7. The first kappa shape index (κ1) is 19.8. The number of nitrogens with one attached hydrogen (secondary N) is 1. The van der Waals surface area contributed by atoms with Gasteiger partial charge in [-0.2, -0.15) is 0 Å². The van der Waals surface area contributed by atoms with Crippen LogP contribution in [0.4, 0.5) is 0 Å². The summed E-state index contributed by atoms with van der Waals surface area (Å²) in [5, 5.41) is 2.99. The Bertz CT molecular complexity index is 1070. The summed E-state index contributed by atoms with van der Waals surface area (Å²) in [6.07, 6.45) is 0. The first-order valence-corrected chi connectivity index (χ1v) is 11.0. The second-order valence-electron chi connectivity index (χ2n) is 8.26. The SMILES string of the molecule is CCN1CCN(C[N+]2=C(c3ccccc3)C3C(=O)NC(c4ccccc4)=C3C2=O)CC1. The average molecular weight is 416 g/mol. The summed E-state index contributed by atoms with van der Waals surface area (Å²) in [6.45, 7) is 7.58. The fourth-order valence-electron chi connectivity index (χ4n) is 4.79. The Hall–Kier alpha value is -3.09. The standard InChI is InChI=1S/C25H26N4O2/c1-2-27-13-15-28(16-14-27)17-29-23(19-11-7-4-8-12-19)21-20(25(29)31)22(26-24(21)30)18-9-5-3-6-10-18/h3-12,21H,2,13-17H2,1H3/p+1. The zero-order valence-electron chi connectivity index (χ0n) is 17.8. The molecule has 0 aromatic heterocycles. The molecule has 0 saturated carbocycles. The van der Waals surface area contributed by atoms with Crippen molar-refractivity contribution in [3.63, 3.8) is 0 Å². The molecule has 6 heteroatoms. The largest absolute Gasteiger partial charge is 0.420 e. The van der Waals surface area contributed by atoms with Gasteiger partial charge in [0.2, 0.25) is 18.3 Å². The second-order valence-corrected chi connectivity index (χ2v) is 8.26. The van der Waals surface area contributed by atoms with E-state index >= 15 is 0 Å². The highest BCUT2D eigenvalue weighted by Gasteiger charge is 2.55. The van der Waals surface area contributed by atoms with Crippen molar-refractivity contribution in [2.45, 2.75) is 6.92 Å². The number of piperazine rings is 1. The van der Waals surface area contributed by atoms with Crippen LogP contribution < -0.4 is 5.32 Å². The second kappa shape index (κ2) is 8.21. The summed E-state index contributed by atoms with van der Waals surface area (Å²) >= 11 is 0. The van der Waals surface area contributed by atoms with E-state index in [1.54, 1.807) is 0 Å². The Morgan fingerprint density at radius 2 is 1.45 bits per heavy atom. The van der Waals surface area contributed by atoms with Crippen molar-refractivity contribution in [2.75, 3.05) is 39.4 Å². The van der Waals surface area contributed by atoms with Crippen LogP contribution in [0.5, 0.6) is 0 Å². The van der Waals surface area contributed by atoms with Crippen LogP contribution in [0.25, 0.3) is 5.70 Å². The van der Waals surface area contributed by atoms with Crippen molar-refractivity contribution in [1.82, 2.24) is 15.1 Å². The number of amides is 2. The topological polar surface area (TPSA) is 55.7 Å². The van der Waals surface area contributed by atoms with Gasteiger partial charge >= 0.3 is 5.91 Å². The molecule has 1 fully saturated rings. The van der Waals surface area contributed by atoms with Crippen molar-refractivity contribution in [3.8, 4) is 0 Å². The summed E-state index contributed by atoms with van der Waals surface area (Å²) in [4.78, 5) is 31.6. The predicted molar refractivity (Wildman–Crippen MR) is 119 cm³/mol. The van der Waals surface area contributed by atoms with Crippen LogP contribution in [-0.4, -0.2) is 71.3 Å². The van der Waals surface area contributed by atoms with Crippen LogP contribution in [0.2, 0.25) is 0 Å². The van der Waals surface area contributed by atoms with E-state index in [0.29, 0.717) is 17.9 Å². The summed E-state index contributed by atoms with van der Waals surface area (Å²) in [5.74, 6) is -0.764. The lowest BCUT2D eigenvalue weighted by Crippen LogP contribution is -2.49. The Balaban J connectivity index is 1.57. The fraction of sp³-hybridized carbons (Fsp3) is 0.320. The number of carbonyl (C=O) groups excluding carboxylic acids is 2. The summed E-state index contributed by atoms with van der Waals surface area (Å²) in [5.41, 5.74) is 3.80. The van der Waals surface area contributed by atoms with Crippen molar-refractivity contribution >= 4 is 23.2 Å². The average Bonchev–Trinajstić information content (AvgIpc) is 3.31. The molecule has 1 unspecified atom stereocenters. The van der Waals surface area contributed by atoms with Gasteiger partial charge in [-0.05, 0) is 24.2 Å². The molecule has 158 valence electrons. The van der Waals surface area contributed by atoms with Crippen molar-refractivity contribution in [3.05, 3.63) is 77.4 Å². The number of likely N-dealkylation sites (N-methyl/N-ethyl adjacent to an activating group) is 1. The van der Waals surface area contributed by atoms with E-state index in [2.05, 4.69) is 22.0 Å². The highest BCUT2D eigenvalue weighted by molar-refractivity contribution is 6.28. The highest BCUT2D eigenvalue weighted by atomic mass is 16.2. The number of hydrogen-bond donors (Lipinski definition) is 1. The number of benzene rings is 2. The number of hydrogen-bond acceptors (Lipinski definition) is 4. The molecule has 31 heavy (non-hydrogen) atoms. The molecule has 1 saturated heterocycles. The van der Waals surface area contributed by atoms with Gasteiger partial charge in [0.25, 0.3) is 0 Å². The molecule has 3 heterocycles. The minimum atomic E-state index is -0.568. The van der Waals surface area contributed by atoms with Gasteiger partial charge in [-0.25, -0.2) is 9.69 Å². The zero-order chi connectivity index (χ0) is 21.4. The molecular formula is C25H27N4O2+. The third-order valence-corrected chi connectivity index (χ3v) is 6.49. The molecule has 5 rings (SSSR count). The molecule has 1 atom stereocenters. The normalized spacial score (nSPS) is 22.3. The Labute approximate surface area is 182 Å². The molecule has 2 aromatic rings. The van der Waals surface area contributed by atoms with Crippen LogP contribution in [0, 0.1) is 5.92 Å². The van der Waals surface area contributed by atoms with Crippen LogP contribution >= 0.6 is 0 Å². The van der Waals surface area contributed by atoms with Crippen LogP contribution in [0.3, 0.4) is 0 Å². The van der Waals surface area contributed by atoms with Gasteiger partial charge in [-0.3, -0.25) is 4.79 Å². The number of carbonyl (C=O) groups is 2. The molecule has 0 bridgehead atoms. The predicted octanol–water partition coefficient (Wildman–Crippen LogP) is 1.78. The van der Waals surface area contributed by atoms with E-state index < -0.39 is 5.92 Å². The molecule has 6 nitrogen and oxygen atoms in total. The van der Waals surface area contributed by atoms with Gasteiger partial charge in [-0.1, -0.05) is 55.5 Å². The van der Waals surface area contributed by atoms with Gasteiger partial charge in [0.05, 0.1) is 5.70 Å².